The number of rotatable bonds is 6. The van der Waals surface area contributed by atoms with Crippen LogP contribution in [0.25, 0.3) is 0 Å². The Morgan fingerprint density at radius 3 is 2.72 bits per heavy atom. The Labute approximate surface area is 107 Å². The zero-order chi connectivity index (χ0) is 13.6. The Balaban J connectivity index is 2.42. The number of ether oxygens (including phenoxy) is 1. The summed E-state index contributed by atoms with van der Waals surface area (Å²) in [6, 6.07) is -0.337. The van der Waals surface area contributed by atoms with Gasteiger partial charge in [-0.1, -0.05) is 6.92 Å². The van der Waals surface area contributed by atoms with Crippen LogP contribution in [-0.4, -0.2) is 53.8 Å². The van der Waals surface area contributed by atoms with Gasteiger partial charge >= 0.3 is 12.0 Å². The minimum Gasteiger partial charge on any atom is -0.480 e. The van der Waals surface area contributed by atoms with Crippen LogP contribution in [0.15, 0.2) is 0 Å². The first-order chi connectivity index (χ1) is 8.47. The maximum Gasteiger partial charge on any atom is 0.323 e. The van der Waals surface area contributed by atoms with E-state index in [0.29, 0.717) is 13.1 Å². The fourth-order valence-corrected chi connectivity index (χ4v) is 2.04. The second kappa shape index (κ2) is 6.58. The Morgan fingerprint density at radius 2 is 2.22 bits per heavy atom. The lowest BCUT2D eigenvalue weighted by Crippen LogP contribution is -2.48. The molecule has 6 nitrogen and oxygen atoms in total. The number of hydrogen-bond donors (Lipinski definition) is 2. The highest BCUT2D eigenvalue weighted by Gasteiger charge is 2.30. The molecule has 0 spiro atoms. The average Bonchev–Trinajstić information content (AvgIpc) is 2.72. The standard InChI is InChI=1S/C12H22N2O4/c1-3-6-14(8-10(15)16)11(17)13-9-12(2)5-4-7-18-12/h3-9H2,1-2H3,(H,13,17)(H,15,16). The van der Waals surface area contributed by atoms with Crippen LogP contribution in [0.2, 0.25) is 0 Å². The Hall–Kier alpha value is -1.30. The molecular formula is C12H22N2O4. The molecule has 0 aromatic heterocycles. The number of carboxylic acids is 1. The second-order valence-corrected chi connectivity index (χ2v) is 4.88. The summed E-state index contributed by atoms with van der Waals surface area (Å²) in [5, 5.41) is 11.5. The van der Waals surface area contributed by atoms with Crippen LogP contribution in [0.1, 0.15) is 33.1 Å². The van der Waals surface area contributed by atoms with E-state index in [1.807, 2.05) is 13.8 Å². The van der Waals surface area contributed by atoms with Crippen molar-refractivity contribution in [2.45, 2.75) is 38.7 Å². The van der Waals surface area contributed by atoms with Gasteiger partial charge < -0.3 is 20.1 Å². The molecule has 18 heavy (non-hydrogen) atoms. The second-order valence-electron chi connectivity index (χ2n) is 4.88. The van der Waals surface area contributed by atoms with E-state index in [4.69, 9.17) is 9.84 Å². The molecule has 1 rings (SSSR count). The highest BCUT2D eigenvalue weighted by Crippen LogP contribution is 2.23. The molecule has 1 aliphatic rings. The third kappa shape index (κ3) is 4.52. The minimum absolute atomic E-state index is 0.267. The fraction of sp³-hybridized carbons (Fsp3) is 0.833. The van der Waals surface area contributed by atoms with E-state index in [2.05, 4.69) is 5.32 Å². The molecule has 1 heterocycles. The Bertz CT molecular complexity index is 300. The maximum atomic E-state index is 11.9. The number of urea groups is 1. The van der Waals surface area contributed by atoms with Crippen molar-refractivity contribution < 1.29 is 19.4 Å². The van der Waals surface area contributed by atoms with Crippen LogP contribution in [-0.2, 0) is 9.53 Å². The van der Waals surface area contributed by atoms with Gasteiger partial charge in [0.1, 0.15) is 6.54 Å². The van der Waals surface area contributed by atoms with Crippen molar-refractivity contribution in [3.8, 4) is 0 Å². The first-order valence-electron chi connectivity index (χ1n) is 6.35. The lowest BCUT2D eigenvalue weighted by molar-refractivity contribution is -0.137. The number of aliphatic carboxylic acids is 1. The first-order valence-corrected chi connectivity index (χ1v) is 6.35. The van der Waals surface area contributed by atoms with Crippen LogP contribution in [0.5, 0.6) is 0 Å². The maximum absolute atomic E-state index is 11.9. The summed E-state index contributed by atoms with van der Waals surface area (Å²) in [5.41, 5.74) is -0.309. The molecule has 0 aliphatic carbocycles. The summed E-state index contributed by atoms with van der Waals surface area (Å²) in [4.78, 5) is 23.8. The van der Waals surface area contributed by atoms with Gasteiger partial charge in [-0.3, -0.25) is 4.79 Å². The first kappa shape index (κ1) is 14.8. The van der Waals surface area contributed by atoms with E-state index < -0.39 is 5.97 Å². The van der Waals surface area contributed by atoms with E-state index in [1.165, 1.54) is 4.90 Å². The molecule has 104 valence electrons. The van der Waals surface area contributed by atoms with Gasteiger partial charge in [-0.15, -0.1) is 0 Å². The van der Waals surface area contributed by atoms with Gasteiger partial charge in [0.2, 0.25) is 0 Å². The molecule has 0 saturated carbocycles. The Morgan fingerprint density at radius 1 is 1.50 bits per heavy atom. The summed E-state index contributed by atoms with van der Waals surface area (Å²) in [6.45, 7) is 5.18. The molecule has 2 amide bonds. The van der Waals surface area contributed by atoms with Gasteiger partial charge in [0.25, 0.3) is 0 Å². The van der Waals surface area contributed by atoms with Gasteiger partial charge in [0, 0.05) is 19.7 Å². The van der Waals surface area contributed by atoms with Gasteiger partial charge in [0.05, 0.1) is 5.60 Å². The predicted molar refractivity (Wildman–Crippen MR) is 66.5 cm³/mol. The number of hydrogen-bond acceptors (Lipinski definition) is 3. The van der Waals surface area contributed by atoms with Crippen molar-refractivity contribution in [1.29, 1.82) is 0 Å². The predicted octanol–water partition coefficient (Wildman–Crippen LogP) is 1.06. The van der Waals surface area contributed by atoms with Crippen LogP contribution >= 0.6 is 0 Å². The van der Waals surface area contributed by atoms with Crippen molar-refractivity contribution in [1.82, 2.24) is 10.2 Å². The van der Waals surface area contributed by atoms with Gasteiger partial charge in [-0.05, 0) is 26.2 Å². The molecule has 1 saturated heterocycles. The lowest BCUT2D eigenvalue weighted by Gasteiger charge is -2.26. The highest BCUT2D eigenvalue weighted by molar-refractivity contribution is 5.80. The van der Waals surface area contributed by atoms with E-state index >= 15 is 0 Å². The smallest absolute Gasteiger partial charge is 0.323 e. The highest BCUT2D eigenvalue weighted by atomic mass is 16.5. The number of carbonyl (C=O) groups is 2. The molecular weight excluding hydrogens is 236 g/mol. The molecule has 0 bridgehead atoms. The van der Waals surface area contributed by atoms with E-state index in [-0.39, 0.29) is 18.2 Å². The van der Waals surface area contributed by atoms with Crippen LogP contribution in [0.3, 0.4) is 0 Å². The summed E-state index contributed by atoms with van der Waals surface area (Å²) in [5.74, 6) is -0.998. The van der Waals surface area contributed by atoms with Gasteiger partial charge in [0.15, 0.2) is 0 Å². The third-order valence-corrected chi connectivity index (χ3v) is 3.02. The van der Waals surface area contributed by atoms with Crippen LogP contribution in [0.4, 0.5) is 4.79 Å². The molecule has 1 fully saturated rings. The molecule has 0 aromatic rings. The van der Waals surface area contributed by atoms with Gasteiger partial charge in [-0.25, -0.2) is 4.79 Å². The zero-order valence-corrected chi connectivity index (χ0v) is 11.1. The number of carbonyl (C=O) groups excluding carboxylic acids is 1. The van der Waals surface area contributed by atoms with Crippen LogP contribution < -0.4 is 5.32 Å². The minimum atomic E-state index is -0.998. The SMILES string of the molecule is CCCN(CC(=O)O)C(=O)NCC1(C)CCCO1. The molecule has 0 aromatic carbocycles. The summed E-state index contributed by atoms with van der Waals surface area (Å²) >= 11 is 0. The number of nitrogens with zero attached hydrogens (tertiary/aromatic N) is 1. The van der Waals surface area contributed by atoms with Crippen molar-refractivity contribution in [2.75, 3.05) is 26.2 Å². The summed E-state index contributed by atoms with van der Waals surface area (Å²) in [7, 11) is 0. The fourth-order valence-electron chi connectivity index (χ4n) is 2.04. The number of carboxylic acid groups (broad SMARTS) is 1. The topological polar surface area (TPSA) is 78.9 Å². The molecule has 0 radical (unpaired) electrons. The number of amides is 2. The van der Waals surface area contributed by atoms with Crippen molar-refractivity contribution in [3.63, 3.8) is 0 Å². The van der Waals surface area contributed by atoms with Gasteiger partial charge in [-0.2, -0.15) is 0 Å². The normalized spacial score (nSPS) is 22.8. The quantitative estimate of drug-likeness (QED) is 0.746. The molecule has 1 atom stereocenters. The van der Waals surface area contributed by atoms with Crippen LogP contribution in [0, 0.1) is 0 Å². The van der Waals surface area contributed by atoms with E-state index in [0.717, 1.165) is 25.9 Å². The molecule has 1 unspecified atom stereocenters. The monoisotopic (exact) mass is 258 g/mol. The number of nitrogens with one attached hydrogen (secondary N) is 1. The third-order valence-electron chi connectivity index (χ3n) is 3.02. The largest absolute Gasteiger partial charge is 0.480 e. The Kier molecular flexibility index (Phi) is 5.40. The van der Waals surface area contributed by atoms with Crippen molar-refractivity contribution in [3.05, 3.63) is 0 Å². The van der Waals surface area contributed by atoms with Crippen molar-refractivity contribution >= 4 is 12.0 Å². The molecule has 2 N–H and O–H groups in total. The lowest BCUT2D eigenvalue weighted by atomic mass is 10.0. The summed E-state index contributed by atoms with van der Waals surface area (Å²) < 4.78 is 5.56. The zero-order valence-electron chi connectivity index (χ0n) is 11.1. The van der Waals surface area contributed by atoms with E-state index in [9.17, 15) is 9.59 Å². The van der Waals surface area contributed by atoms with E-state index in [1.54, 1.807) is 0 Å². The summed E-state index contributed by atoms with van der Waals surface area (Å²) in [6.07, 6.45) is 2.65. The van der Waals surface area contributed by atoms with Crippen molar-refractivity contribution in [2.24, 2.45) is 0 Å². The molecule has 1 aliphatic heterocycles. The average molecular weight is 258 g/mol. The molecule has 6 heteroatoms.